The van der Waals surface area contributed by atoms with Gasteiger partial charge in [-0.05, 0) is 62.0 Å². The summed E-state index contributed by atoms with van der Waals surface area (Å²) < 4.78 is 0. The van der Waals surface area contributed by atoms with Crippen molar-refractivity contribution in [1.82, 2.24) is 9.97 Å². The number of hydrogen-bond donors (Lipinski definition) is 0. The largest absolute Gasteiger partial charge is 0.304 e. The van der Waals surface area contributed by atoms with Crippen LogP contribution in [0.15, 0.2) is 140 Å². The molecule has 9 rings (SSSR count). The fourth-order valence-electron chi connectivity index (χ4n) is 6.90. The van der Waals surface area contributed by atoms with Crippen LogP contribution in [-0.2, 0) is 25.5 Å². The zero-order chi connectivity index (χ0) is 31.3. The van der Waals surface area contributed by atoms with Crippen LogP contribution in [0, 0.1) is 19.1 Å². The number of hydrogen-bond acceptors (Lipinski definition) is 2. The molecule has 0 fully saturated rings. The molecule has 6 aromatic carbocycles. The molecular weight excluding hydrogens is 749 g/mol. The Morgan fingerprint density at radius 3 is 1.96 bits per heavy atom. The van der Waals surface area contributed by atoms with Gasteiger partial charge in [-0.3, -0.25) is 0 Å². The number of nitrogens with zero attached hydrogens (tertiary/aromatic N) is 2. The Balaban J connectivity index is 0.000000147. The molecule has 1 aliphatic carbocycles. The molecule has 0 amide bonds. The number of aryl methyl sites for hydroxylation is 1. The van der Waals surface area contributed by atoms with Gasteiger partial charge in [0, 0.05) is 32.5 Å². The Morgan fingerprint density at radius 2 is 1.28 bits per heavy atom. The van der Waals surface area contributed by atoms with E-state index in [9.17, 15) is 0 Å². The Labute approximate surface area is 289 Å². The third kappa shape index (κ3) is 5.36. The topological polar surface area (TPSA) is 25.8 Å². The average Bonchev–Trinajstić information content (AvgIpc) is 3.36. The minimum atomic E-state index is 0. The first-order chi connectivity index (χ1) is 22.5. The van der Waals surface area contributed by atoms with E-state index >= 15 is 0 Å². The van der Waals surface area contributed by atoms with Crippen molar-refractivity contribution in [2.75, 3.05) is 0 Å². The number of rotatable bonds is 3. The number of fused-ring (bicyclic) bond motifs is 3. The van der Waals surface area contributed by atoms with Crippen molar-refractivity contribution in [2.45, 2.75) is 26.2 Å². The number of aromatic nitrogens is 2. The maximum atomic E-state index is 4.74. The molecule has 0 saturated heterocycles. The Morgan fingerprint density at radius 1 is 0.574 bits per heavy atom. The van der Waals surface area contributed by atoms with Gasteiger partial charge >= 0.3 is 0 Å². The van der Waals surface area contributed by atoms with Gasteiger partial charge < -0.3 is 9.97 Å². The Hall–Kier alpha value is -4.95. The zero-order valence-corrected chi connectivity index (χ0v) is 28.9. The fraction of sp³-hybridized carbons (Fsp3) is 0.0909. The van der Waals surface area contributed by atoms with Crippen LogP contribution in [0.5, 0.6) is 0 Å². The summed E-state index contributed by atoms with van der Waals surface area (Å²) in [6, 6.07) is 51.0. The fourth-order valence-corrected chi connectivity index (χ4v) is 6.90. The summed E-state index contributed by atoms with van der Waals surface area (Å²) >= 11 is 0. The van der Waals surface area contributed by atoms with Gasteiger partial charge in [0.25, 0.3) is 0 Å². The van der Waals surface area contributed by atoms with Gasteiger partial charge in [0.2, 0.25) is 0 Å². The molecule has 0 bridgehead atoms. The second-order valence-electron chi connectivity index (χ2n) is 12.6. The van der Waals surface area contributed by atoms with Crippen LogP contribution in [-0.4, -0.2) is 9.97 Å². The van der Waals surface area contributed by atoms with E-state index in [0.29, 0.717) is 0 Å². The molecule has 47 heavy (non-hydrogen) atoms. The standard InChI is InChI=1S/C23H16N.C21H16N.Ir/c1-3-7-18(8-4-1)20-11-13-21(14-12-20)23-16-15-22(17-24-23)19-9-5-2-6-10-19;1-12-10-15-13-6-4-8-16-18(13)19-14(20(15)22-11-12)7-5-9-17(19)21(16,2)3;/h1-13,15-17H;4-6,8-11H,1-3H3;/q2*-1;. The summed E-state index contributed by atoms with van der Waals surface area (Å²) in [7, 11) is 0. The smallest absolute Gasteiger partial charge is 0.0239 e. The second kappa shape index (κ2) is 12.3. The summed E-state index contributed by atoms with van der Waals surface area (Å²) in [6.45, 7) is 6.75. The normalized spacial score (nSPS) is 12.6. The molecule has 0 spiro atoms. The van der Waals surface area contributed by atoms with E-state index in [2.05, 4.69) is 123 Å². The van der Waals surface area contributed by atoms with Crippen molar-refractivity contribution >= 4 is 32.4 Å². The molecule has 1 radical (unpaired) electrons. The average molecular weight is 781 g/mol. The zero-order valence-electron chi connectivity index (χ0n) is 26.5. The van der Waals surface area contributed by atoms with Crippen LogP contribution < -0.4 is 0 Å². The Bertz CT molecular complexity index is 2280. The minimum absolute atomic E-state index is 0. The monoisotopic (exact) mass is 781 g/mol. The van der Waals surface area contributed by atoms with Gasteiger partial charge in [0.05, 0.1) is 0 Å². The molecule has 0 saturated carbocycles. The SMILES string of the molecule is Cc1cnc2c3[c-]ccc4c3c3c(cccc3c2c1)C4(C)C.[Ir].[c-]1cc(-c2ccccc2)ccc1-c1ccc(-c2ccccc2)cn1. The molecule has 0 unspecified atom stereocenters. The molecule has 0 aliphatic heterocycles. The molecule has 2 nitrogen and oxygen atoms in total. The summed E-state index contributed by atoms with van der Waals surface area (Å²) in [4.78, 5) is 9.34. The third-order valence-electron chi connectivity index (χ3n) is 9.28. The molecule has 0 atom stereocenters. The number of benzene rings is 6. The van der Waals surface area contributed by atoms with Crippen molar-refractivity contribution in [2.24, 2.45) is 0 Å². The van der Waals surface area contributed by atoms with Gasteiger partial charge in [-0.1, -0.05) is 127 Å². The maximum Gasteiger partial charge on any atom is 0.0239 e. The van der Waals surface area contributed by atoms with Crippen molar-refractivity contribution < 1.29 is 20.1 Å². The molecule has 1 aliphatic rings. The molecule has 3 heteroatoms. The first-order valence-corrected chi connectivity index (χ1v) is 15.7. The van der Waals surface area contributed by atoms with Crippen LogP contribution in [0.4, 0.5) is 0 Å². The van der Waals surface area contributed by atoms with E-state index in [1.54, 1.807) is 0 Å². The van der Waals surface area contributed by atoms with E-state index in [-0.39, 0.29) is 25.5 Å². The van der Waals surface area contributed by atoms with Gasteiger partial charge in [0.1, 0.15) is 0 Å². The minimum Gasteiger partial charge on any atom is -0.304 e. The van der Waals surface area contributed by atoms with Crippen LogP contribution in [0.1, 0.15) is 30.5 Å². The maximum absolute atomic E-state index is 4.74. The molecular formula is C44H32IrN2-2. The summed E-state index contributed by atoms with van der Waals surface area (Å²) in [5.41, 5.74) is 11.8. The van der Waals surface area contributed by atoms with E-state index in [4.69, 9.17) is 4.98 Å². The first-order valence-electron chi connectivity index (χ1n) is 15.7. The van der Waals surface area contributed by atoms with E-state index in [0.717, 1.165) is 27.7 Å². The van der Waals surface area contributed by atoms with Crippen molar-refractivity contribution in [3.05, 3.63) is 169 Å². The predicted molar refractivity (Wildman–Crippen MR) is 192 cm³/mol. The summed E-state index contributed by atoms with van der Waals surface area (Å²) in [5, 5.41) is 6.48. The van der Waals surface area contributed by atoms with Gasteiger partial charge in [0.15, 0.2) is 0 Å². The first kappa shape index (κ1) is 30.7. The Kier molecular flexibility index (Phi) is 8.06. The molecule has 229 valence electrons. The van der Waals surface area contributed by atoms with Gasteiger partial charge in [-0.2, -0.15) is 0 Å². The van der Waals surface area contributed by atoms with Crippen LogP contribution >= 0.6 is 0 Å². The third-order valence-corrected chi connectivity index (χ3v) is 9.28. The van der Waals surface area contributed by atoms with E-state index in [1.165, 1.54) is 54.9 Å². The van der Waals surface area contributed by atoms with Gasteiger partial charge in [-0.15, -0.1) is 59.0 Å². The van der Waals surface area contributed by atoms with Crippen molar-refractivity contribution in [3.63, 3.8) is 0 Å². The van der Waals surface area contributed by atoms with Crippen LogP contribution in [0.2, 0.25) is 0 Å². The molecule has 2 heterocycles. The van der Waals surface area contributed by atoms with Crippen molar-refractivity contribution in [3.8, 4) is 33.5 Å². The molecule has 8 aromatic rings. The second-order valence-corrected chi connectivity index (χ2v) is 12.6. The molecule has 2 aromatic heterocycles. The predicted octanol–water partition coefficient (Wildman–Crippen LogP) is 11.2. The molecule has 0 N–H and O–H groups in total. The number of pyridine rings is 2. The van der Waals surface area contributed by atoms with Crippen molar-refractivity contribution in [1.29, 1.82) is 0 Å². The van der Waals surface area contributed by atoms with Crippen LogP contribution in [0.25, 0.3) is 66.0 Å². The van der Waals surface area contributed by atoms with Gasteiger partial charge in [-0.25, -0.2) is 0 Å². The van der Waals surface area contributed by atoms with Crippen LogP contribution in [0.3, 0.4) is 0 Å². The summed E-state index contributed by atoms with van der Waals surface area (Å²) in [6.07, 6.45) is 3.88. The van der Waals surface area contributed by atoms with E-state index < -0.39 is 0 Å². The van der Waals surface area contributed by atoms with E-state index in [1.807, 2.05) is 54.9 Å². The quantitative estimate of drug-likeness (QED) is 0.132. The summed E-state index contributed by atoms with van der Waals surface area (Å²) in [5.74, 6) is 0.